The van der Waals surface area contributed by atoms with Crippen molar-refractivity contribution in [3.63, 3.8) is 0 Å². The summed E-state index contributed by atoms with van der Waals surface area (Å²) in [6.45, 7) is 2.98. The fourth-order valence-electron chi connectivity index (χ4n) is 3.39. The highest BCUT2D eigenvalue weighted by Gasteiger charge is 2.21. The Balaban J connectivity index is 2.09. The number of hydrogen-bond acceptors (Lipinski definition) is 7. The van der Waals surface area contributed by atoms with Crippen LogP contribution in [0, 0.1) is 12.7 Å². The Morgan fingerprint density at radius 3 is 2.58 bits per heavy atom. The van der Waals surface area contributed by atoms with E-state index < -0.39 is 27.5 Å². The van der Waals surface area contributed by atoms with E-state index in [2.05, 4.69) is 9.82 Å². The highest BCUT2D eigenvalue weighted by Crippen LogP contribution is 2.28. The monoisotopic (exact) mass is 538 g/mol. The molecule has 36 heavy (non-hydrogen) atoms. The molecule has 192 valence electrons. The molecular formula is C23H24ClFN4O6S. The molecule has 3 aromatic rings. The van der Waals surface area contributed by atoms with Crippen LogP contribution in [0.2, 0.25) is 5.02 Å². The lowest BCUT2D eigenvalue weighted by molar-refractivity contribution is -0.133. The average Bonchev–Trinajstić information content (AvgIpc) is 3.12. The van der Waals surface area contributed by atoms with E-state index in [1.165, 1.54) is 32.0 Å². The van der Waals surface area contributed by atoms with Crippen molar-refractivity contribution in [2.75, 3.05) is 24.7 Å². The number of benzene rings is 2. The highest BCUT2D eigenvalue weighted by molar-refractivity contribution is 7.92. The molecule has 0 aliphatic heterocycles. The Bertz CT molecular complexity index is 1500. The number of carbonyl (C=O) groups is 1. The lowest BCUT2D eigenvalue weighted by Crippen LogP contribution is -2.26. The largest absolute Gasteiger partial charge is 0.503 e. The number of nitrogens with zero attached hydrogens (tertiary/aromatic N) is 3. The number of esters is 1. The summed E-state index contributed by atoms with van der Waals surface area (Å²) in [6, 6.07) is 8.84. The van der Waals surface area contributed by atoms with Crippen LogP contribution in [0.3, 0.4) is 0 Å². The molecule has 3 rings (SSSR count). The minimum Gasteiger partial charge on any atom is -0.503 e. The number of aryl methyl sites for hydroxylation is 1. The summed E-state index contributed by atoms with van der Waals surface area (Å²) < 4.78 is 53.0. The van der Waals surface area contributed by atoms with E-state index in [1.807, 2.05) is 0 Å². The van der Waals surface area contributed by atoms with Crippen molar-refractivity contribution in [1.82, 2.24) is 14.3 Å². The van der Waals surface area contributed by atoms with E-state index in [4.69, 9.17) is 21.1 Å². The lowest BCUT2D eigenvalue weighted by Gasteiger charge is -2.12. The third kappa shape index (κ3) is 5.60. The SMILES string of the molecule is CCS(=O)(=O)Nc1cc(-n2nc(C)n(Cc3ccccc3/C(=C\OC)C(=O)OC)c2=O)c(F)cc1Cl. The number of aromatic nitrogens is 3. The molecule has 0 unspecified atom stereocenters. The van der Waals surface area contributed by atoms with E-state index in [-0.39, 0.29) is 40.1 Å². The van der Waals surface area contributed by atoms with E-state index in [1.54, 1.807) is 31.2 Å². The van der Waals surface area contributed by atoms with Crippen molar-refractivity contribution in [2.24, 2.45) is 0 Å². The van der Waals surface area contributed by atoms with E-state index in [9.17, 15) is 22.4 Å². The number of anilines is 1. The second-order valence-electron chi connectivity index (χ2n) is 7.53. The number of carbonyl (C=O) groups excluding carboxylic acids is 1. The molecule has 0 bridgehead atoms. The molecular weight excluding hydrogens is 515 g/mol. The predicted octanol–water partition coefficient (Wildman–Crippen LogP) is 3.11. The van der Waals surface area contributed by atoms with Crippen LogP contribution in [0.4, 0.5) is 10.1 Å². The van der Waals surface area contributed by atoms with E-state index >= 15 is 0 Å². The van der Waals surface area contributed by atoms with Gasteiger partial charge in [-0.2, -0.15) is 9.78 Å². The maximum atomic E-state index is 14.8. The summed E-state index contributed by atoms with van der Waals surface area (Å²) >= 11 is 6.01. The summed E-state index contributed by atoms with van der Waals surface area (Å²) in [6.07, 6.45) is 1.24. The van der Waals surface area contributed by atoms with Crippen molar-refractivity contribution < 1.29 is 27.1 Å². The van der Waals surface area contributed by atoms with Gasteiger partial charge in [0.15, 0.2) is 5.82 Å². The number of rotatable bonds is 9. The Labute approximate surface area is 212 Å². The lowest BCUT2D eigenvalue weighted by atomic mass is 10.0. The van der Waals surface area contributed by atoms with Gasteiger partial charge in [0, 0.05) is 0 Å². The minimum absolute atomic E-state index is 0.0105. The molecule has 0 atom stereocenters. The molecule has 1 N–H and O–H groups in total. The smallest absolute Gasteiger partial charge is 0.351 e. The van der Waals surface area contributed by atoms with Gasteiger partial charge in [0.05, 0.1) is 43.5 Å². The fraction of sp³-hybridized carbons (Fsp3) is 0.261. The van der Waals surface area contributed by atoms with Gasteiger partial charge in [-0.25, -0.2) is 22.4 Å². The quantitative estimate of drug-likeness (QED) is 0.252. The second kappa shape index (κ2) is 11.0. The van der Waals surface area contributed by atoms with Gasteiger partial charge in [-0.15, -0.1) is 0 Å². The normalized spacial score (nSPS) is 11.9. The zero-order valence-corrected chi connectivity index (χ0v) is 21.5. The first-order valence-corrected chi connectivity index (χ1v) is 12.6. The van der Waals surface area contributed by atoms with E-state index in [0.717, 1.165) is 16.8 Å². The molecule has 10 nitrogen and oxygen atoms in total. The third-order valence-corrected chi connectivity index (χ3v) is 6.84. The first-order valence-electron chi connectivity index (χ1n) is 10.6. The Morgan fingerprint density at radius 1 is 1.25 bits per heavy atom. The summed E-state index contributed by atoms with van der Waals surface area (Å²) in [4.78, 5) is 25.6. The fourth-order valence-corrected chi connectivity index (χ4v) is 4.29. The van der Waals surface area contributed by atoms with Gasteiger partial charge in [-0.05, 0) is 37.1 Å². The first-order chi connectivity index (χ1) is 17.0. The predicted molar refractivity (Wildman–Crippen MR) is 133 cm³/mol. The molecule has 13 heteroatoms. The third-order valence-electron chi connectivity index (χ3n) is 5.23. The molecule has 0 aliphatic carbocycles. The van der Waals surface area contributed by atoms with Crippen LogP contribution in [-0.4, -0.2) is 48.7 Å². The van der Waals surface area contributed by atoms with Gasteiger partial charge in [-0.1, -0.05) is 35.9 Å². The second-order valence-corrected chi connectivity index (χ2v) is 9.95. The van der Waals surface area contributed by atoms with Crippen molar-refractivity contribution in [1.29, 1.82) is 0 Å². The summed E-state index contributed by atoms with van der Waals surface area (Å²) in [7, 11) is -1.08. The Kier molecular flexibility index (Phi) is 8.21. The van der Waals surface area contributed by atoms with Crippen molar-refractivity contribution >= 4 is 38.9 Å². The van der Waals surface area contributed by atoms with Gasteiger partial charge in [-0.3, -0.25) is 9.29 Å². The number of hydrogen-bond donors (Lipinski definition) is 1. The molecule has 0 radical (unpaired) electrons. The molecule has 0 spiro atoms. The molecule has 0 fully saturated rings. The van der Waals surface area contributed by atoms with Crippen LogP contribution < -0.4 is 10.4 Å². The molecule has 0 aliphatic rings. The van der Waals surface area contributed by atoms with Crippen LogP contribution in [0.5, 0.6) is 0 Å². The standard InChI is InChI=1S/C23H24ClFN4O6S/c1-5-36(32,33)27-20-11-21(19(25)10-18(20)24)29-23(31)28(14(2)26-29)12-15-8-6-7-9-16(15)17(13-34-3)22(30)35-4/h6-11,13,27H,5,12H2,1-4H3/b17-13+. The number of halogens is 2. The van der Waals surface area contributed by atoms with Crippen LogP contribution in [0.15, 0.2) is 47.5 Å². The van der Waals surface area contributed by atoms with Gasteiger partial charge in [0.25, 0.3) is 0 Å². The van der Waals surface area contributed by atoms with Gasteiger partial charge in [0.1, 0.15) is 17.1 Å². The molecule has 1 aromatic heterocycles. The number of sulfonamides is 1. The zero-order chi connectivity index (χ0) is 26.6. The van der Waals surface area contributed by atoms with Crippen LogP contribution >= 0.6 is 11.6 Å². The van der Waals surface area contributed by atoms with Crippen LogP contribution in [0.1, 0.15) is 23.9 Å². The molecule has 0 amide bonds. The summed E-state index contributed by atoms with van der Waals surface area (Å²) in [5, 5.41) is 3.99. The van der Waals surface area contributed by atoms with Crippen molar-refractivity contribution in [3.8, 4) is 5.69 Å². The summed E-state index contributed by atoms with van der Waals surface area (Å²) in [5.41, 5.74) is 0.117. The molecule has 0 saturated carbocycles. The van der Waals surface area contributed by atoms with Gasteiger partial charge < -0.3 is 9.47 Å². The van der Waals surface area contributed by atoms with Crippen molar-refractivity contribution in [3.05, 3.63) is 80.9 Å². The Morgan fingerprint density at radius 2 is 1.94 bits per heavy atom. The van der Waals surface area contributed by atoms with E-state index in [0.29, 0.717) is 11.1 Å². The van der Waals surface area contributed by atoms with Gasteiger partial charge >= 0.3 is 11.7 Å². The summed E-state index contributed by atoms with van der Waals surface area (Å²) in [5.74, 6) is -1.49. The topological polar surface area (TPSA) is 122 Å². The number of ether oxygens (including phenoxy) is 2. The van der Waals surface area contributed by atoms with Crippen LogP contribution in [0.25, 0.3) is 11.3 Å². The maximum absolute atomic E-state index is 14.8. The Hall–Kier alpha value is -3.64. The maximum Gasteiger partial charge on any atom is 0.351 e. The minimum atomic E-state index is -3.71. The molecule has 0 saturated heterocycles. The van der Waals surface area contributed by atoms with Crippen molar-refractivity contribution in [2.45, 2.75) is 20.4 Å². The number of methoxy groups -OCH3 is 2. The molecule has 2 aromatic carbocycles. The highest BCUT2D eigenvalue weighted by atomic mass is 35.5. The first kappa shape index (κ1) is 27.0. The molecule has 1 heterocycles. The average molecular weight is 539 g/mol. The van der Waals surface area contributed by atoms with Crippen LogP contribution in [-0.2, 0) is 30.8 Å². The van der Waals surface area contributed by atoms with Gasteiger partial charge in [0.2, 0.25) is 10.0 Å². The zero-order valence-electron chi connectivity index (χ0n) is 19.9. The number of nitrogens with one attached hydrogen (secondary N) is 1.